The lowest BCUT2D eigenvalue weighted by Gasteiger charge is -2.33. The lowest BCUT2D eigenvalue weighted by Crippen LogP contribution is -2.37. The number of aromatic nitrogens is 1. The van der Waals surface area contributed by atoms with Crippen molar-refractivity contribution in [3.8, 4) is 0 Å². The second-order valence-electron chi connectivity index (χ2n) is 5.18. The number of para-hydroxylation sites is 1. The fraction of sp³-hybridized carbons (Fsp3) is 0.250. The van der Waals surface area contributed by atoms with Gasteiger partial charge in [0, 0.05) is 18.4 Å². The number of rotatable bonds is 3. The molecule has 0 fully saturated rings. The number of nitrogens with one attached hydrogen (secondary N) is 1. The van der Waals surface area contributed by atoms with Gasteiger partial charge in [0.1, 0.15) is 5.69 Å². The van der Waals surface area contributed by atoms with Crippen LogP contribution in [0.1, 0.15) is 34.8 Å². The fourth-order valence-electron chi connectivity index (χ4n) is 2.88. The normalized spacial score (nSPS) is 17.3. The molecule has 0 aliphatic carbocycles. The van der Waals surface area contributed by atoms with E-state index < -0.39 is 5.97 Å². The summed E-state index contributed by atoms with van der Waals surface area (Å²) < 4.78 is 0. The number of benzene rings is 1. The Kier molecular flexibility index (Phi) is 3.48. The Morgan fingerprint density at radius 2 is 2.05 bits per heavy atom. The van der Waals surface area contributed by atoms with E-state index >= 15 is 0 Å². The molecule has 2 aromatic rings. The van der Waals surface area contributed by atoms with Crippen molar-refractivity contribution in [3.05, 3.63) is 53.9 Å². The molecule has 5 nitrogen and oxygen atoms in total. The van der Waals surface area contributed by atoms with E-state index in [-0.39, 0.29) is 18.2 Å². The van der Waals surface area contributed by atoms with Crippen LogP contribution in [0.5, 0.6) is 0 Å². The number of aromatic amines is 1. The summed E-state index contributed by atoms with van der Waals surface area (Å²) in [7, 11) is 0. The van der Waals surface area contributed by atoms with Gasteiger partial charge in [0.15, 0.2) is 0 Å². The highest BCUT2D eigenvalue weighted by molar-refractivity contribution is 6.05. The van der Waals surface area contributed by atoms with Crippen LogP contribution < -0.4 is 4.90 Å². The Hall–Kier alpha value is -2.56. The third-order valence-electron chi connectivity index (χ3n) is 3.86. The summed E-state index contributed by atoms with van der Waals surface area (Å²) in [5.41, 5.74) is 2.29. The highest BCUT2D eigenvalue weighted by Gasteiger charge is 2.30. The minimum Gasteiger partial charge on any atom is -0.481 e. The van der Waals surface area contributed by atoms with Gasteiger partial charge < -0.3 is 15.0 Å². The molecular formula is C16H16N2O3. The Balaban J connectivity index is 1.94. The number of carboxylic acid groups (broad SMARTS) is 1. The number of carboxylic acids is 1. The standard InChI is InChI=1S/C16H16N2O3/c19-15(20)10-11-7-9-18(14-6-2-1-4-12(11)14)16(21)13-5-3-8-17-13/h1-6,8,11,17H,7,9-10H2,(H,19,20). The van der Waals surface area contributed by atoms with E-state index in [2.05, 4.69) is 4.98 Å². The van der Waals surface area contributed by atoms with Crippen LogP contribution in [0.3, 0.4) is 0 Å². The molecule has 1 aliphatic rings. The predicted molar refractivity (Wildman–Crippen MR) is 78.5 cm³/mol. The van der Waals surface area contributed by atoms with Crippen LogP contribution in [0.2, 0.25) is 0 Å². The summed E-state index contributed by atoms with van der Waals surface area (Å²) in [6.07, 6.45) is 2.48. The number of H-pyrrole nitrogens is 1. The van der Waals surface area contributed by atoms with E-state index in [0.717, 1.165) is 11.3 Å². The molecule has 1 amide bonds. The van der Waals surface area contributed by atoms with Crippen molar-refractivity contribution in [2.75, 3.05) is 11.4 Å². The molecule has 1 aromatic carbocycles. The maximum atomic E-state index is 12.5. The molecule has 21 heavy (non-hydrogen) atoms. The van der Waals surface area contributed by atoms with Crippen molar-refractivity contribution in [1.29, 1.82) is 0 Å². The van der Waals surface area contributed by atoms with Gasteiger partial charge in [-0.2, -0.15) is 0 Å². The Bertz CT molecular complexity index is 664. The number of hydrogen-bond acceptors (Lipinski definition) is 2. The first kappa shape index (κ1) is 13.4. The molecule has 0 saturated heterocycles. The third kappa shape index (κ3) is 2.54. The maximum Gasteiger partial charge on any atom is 0.303 e. The largest absolute Gasteiger partial charge is 0.481 e. The number of aliphatic carboxylic acids is 1. The SMILES string of the molecule is O=C(O)CC1CCN(C(=O)c2ccc[nH]2)c2ccccc21. The summed E-state index contributed by atoms with van der Waals surface area (Å²) in [6, 6.07) is 11.1. The van der Waals surface area contributed by atoms with Gasteiger partial charge >= 0.3 is 5.97 Å². The quantitative estimate of drug-likeness (QED) is 0.910. The van der Waals surface area contributed by atoms with E-state index in [0.29, 0.717) is 18.7 Å². The average molecular weight is 284 g/mol. The highest BCUT2D eigenvalue weighted by Crippen LogP contribution is 2.37. The summed E-state index contributed by atoms with van der Waals surface area (Å²) in [6.45, 7) is 0.535. The molecule has 108 valence electrons. The first-order chi connectivity index (χ1) is 10.2. The number of fused-ring (bicyclic) bond motifs is 1. The lowest BCUT2D eigenvalue weighted by atomic mass is 9.87. The van der Waals surface area contributed by atoms with Crippen LogP contribution in [-0.4, -0.2) is 28.5 Å². The smallest absolute Gasteiger partial charge is 0.303 e. The highest BCUT2D eigenvalue weighted by atomic mass is 16.4. The van der Waals surface area contributed by atoms with Gasteiger partial charge in [0.2, 0.25) is 0 Å². The molecule has 1 atom stereocenters. The molecule has 3 rings (SSSR count). The van der Waals surface area contributed by atoms with E-state index in [1.165, 1.54) is 0 Å². The first-order valence-electron chi connectivity index (χ1n) is 6.93. The van der Waals surface area contributed by atoms with Gasteiger partial charge in [-0.25, -0.2) is 0 Å². The monoisotopic (exact) mass is 284 g/mol. The Morgan fingerprint density at radius 1 is 1.24 bits per heavy atom. The molecule has 2 N–H and O–H groups in total. The van der Waals surface area contributed by atoms with E-state index in [1.807, 2.05) is 24.3 Å². The fourth-order valence-corrected chi connectivity index (χ4v) is 2.88. The minimum absolute atomic E-state index is 0.0357. The Labute approximate surface area is 122 Å². The van der Waals surface area contributed by atoms with Crippen molar-refractivity contribution >= 4 is 17.6 Å². The van der Waals surface area contributed by atoms with Crippen molar-refractivity contribution in [1.82, 2.24) is 4.98 Å². The lowest BCUT2D eigenvalue weighted by molar-refractivity contribution is -0.137. The zero-order chi connectivity index (χ0) is 14.8. The summed E-state index contributed by atoms with van der Waals surface area (Å²) >= 11 is 0. The van der Waals surface area contributed by atoms with Gasteiger partial charge in [-0.05, 0) is 36.1 Å². The molecule has 0 bridgehead atoms. The molecule has 1 aliphatic heterocycles. The van der Waals surface area contributed by atoms with Crippen LogP contribution in [0.15, 0.2) is 42.6 Å². The third-order valence-corrected chi connectivity index (χ3v) is 3.86. The second kappa shape index (κ2) is 5.44. The first-order valence-corrected chi connectivity index (χ1v) is 6.93. The summed E-state index contributed by atoms with van der Waals surface area (Å²) in [4.78, 5) is 28.2. The second-order valence-corrected chi connectivity index (χ2v) is 5.18. The molecule has 1 unspecified atom stereocenters. The van der Waals surface area contributed by atoms with Gasteiger partial charge in [-0.15, -0.1) is 0 Å². The Morgan fingerprint density at radius 3 is 2.76 bits per heavy atom. The van der Waals surface area contributed by atoms with Crippen molar-refractivity contribution in [3.63, 3.8) is 0 Å². The number of nitrogens with zero attached hydrogens (tertiary/aromatic N) is 1. The molecule has 5 heteroatoms. The zero-order valence-corrected chi connectivity index (χ0v) is 11.5. The average Bonchev–Trinajstić information content (AvgIpc) is 3.01. The molecule has 0 saturated carbocycles. The number of amides is 1. The molecular weight excluding hydrogens is 268 g/mol. The number of carbonyl (C=O) groups excluding carboxylic acids is 1. The minimum atomic E-state index is -0.807. The van der Waals surface area contributed by atoms with E-state index in [4.69, 9.17) is 5.11 Å². The van der Waals surface area contributed by atoms with Crippen LogP contribution >= 0.6 is 0 Å². The topological polar surface area (TPSA) is 73.4 Å². The van der Waals surface area contributed by atoms with Crippen LogP contribution in [-0.2, 0) is 4.79 Å². The molecule has 0 radical (unpaired) electrons. The van der Waals surface area contributed by atoms with Crippen molar-refractivity contribution < 1.29 is 14.7 Å². The van der Waals surface area contributed by atoms with Crippen molar-refractivity contribution in [2.24, 2.45) is 0 Å². The van der Waals surface area contributed by atoms with Crippen molar-refractivity contribution in [2.45, 2.75) is 18.8 Å². The predicted octanol–water partition coefficient (Wildman–Crippen LogP) is 2.62. The number of anilines is 1. The molecule has 0 spiro atoms. The van der Waals surface area contributed by atoms with Gasteiger partial charge in [0.05, 0.1) is 6.42 Å². The molecule has 1 aromatic heterocycles. The van der Waals surface area contributed by atoms with Crippen LogP contribution in [0.4, 0.5) is 5.69 Å². The maximum absolute atomic E-state index is 12.5. The van der Waals surface area contributed by atoms with E-state index in [9.17, 15) is 9.59 Å². The summed E-state index contributed by atoms with van der Waals surface area (Å²) in [5, 5.41) is 9.03. The van der Waals surface area contributed by atoms with E-state index in [1.54, 1.807) is 23.2 Å². The molecule has 2 heterocycles. The van der Waals surface area contributed by atoms with Gasteiger partial charge in [0.25, 0.3) is 5.91 Å². The summed E-state index contributed by atoms with van der Waals surface area (Å²) in [5.74, 6) is -0.924. The van der Waals surface area contributed by atoms with Gasteiger partial charge in [-0.1, -0.05) is 18.2 Å². The van der Waals surface area contributed by atoms with Gasteiger partial charge in [-0.3, -0.25) is 9.59 Å². The van der Waals surface area contributed by atoms with Crippen LogP contribution in [0, 0.1) is 0 Å². The number of carbonyl (C=O) groups is 2. The number of hydrogen-bond donors (Lipinski definition) is 2. The van der Waals surface area contributed by atoms with Crippen LogP contribution in [0.25, 0.3) is 0 Å². The zero-order valence-electron chi connectivity index (χ0n) is 11.5.